The fraction of sp³-hybridized carbons (Fsp3) is 0.348. The van der Waals surface area contributed by atoms with E-state index in [1.165, 1.54) is 4.90 Å². The molecule has 1 aliphatic heterocycles. The Labute approximate surface area is 181 Å². The quantitative estimate of drug-likeness (QED) is 0.769. The molecule has 1 atom stereocenters. The van der Waals surface area contributed by atoms with Gasteiger partial charge in [-0.25, -0.2) is 0 Å². The molecular formula is C23H26ClN3O3. The SMILES string of the molecule is CN(CC(=O)Nc1cccc(Cl)c1)C(=O)C1CCCN(C(=O)Cc2ccccc2)C1. The first kappa shape index (κ1) is 21.8. The van der Waals surface area contributed by atoms with Gasteiger partial charge in [0.25, 0.3) is 0 Å². The molecule has 0 saturated carbocycles. The van der Waals surface area contributed by atoms with Gasteiger partial charge < -0.3 is 15.1 Å². The Morgan fingerprint density at radius 2 is 1.90 bits per heavy atom. The minimum atomic E-state index is -0.291. The minimum Gasteiger partial charge on any atom is -0.342 e. The third-order valence-corrected chi connectivity index (χ3v) is 5.42. The molecular weight excluding hydrogens is 402 g/mol. The van der Waals surface area contributed by atoms with Gasteiger partial charge in [-0.15, -0.1) is 0 Å². The van der Waals surface area contributed by atoms with E-state index in [0.29, 0.717) is 36.6 Å². The van der Waals surface area contributed by atoms with Crippen molar-refractivity contribution >= 4 is 35.0 Å². The second-order valence-corrected chi connectivity index (χ2v) is 8.03. The van der Waals surface area contributed by atoms with Crippen molar-refractivity contribution in [3.05, 3.63) is 65.2 Å². The largest absolute Gasteiger partial charge is 0.342 e. The molecule has 158 valence electrons. The van der Waals surface area contributed by atoms with Gasteiger partial charge >= 0.3 is 0 Å². The molecule has 3 rings (SSSR count). The molecule has 1 unspecified atom stereocenters. The van der Waals surface area contributed by atoms with Gasteiger partial charge in [0, 0.05) is 30.8 Å². The summed E-state index contributed by atoms with van der Waals surface area (Å²) in [5.41, 5.74) is 1.55. The van der Waals surface area contributed by atoms with Gasteiger partial charge in [0.15, 0.2) is 0 Å². The van der Waals surface area contributed by atoms with Crippen molar-refractivity contribution in [3.8, 4) is 0 Å². The summed E-state index contributed by atoms with van der Waals surface area (Å²) in [6, 6.07) is 16.5. The van der Waals surface area contributed by atoms with Crippen molar-refractivity contribution in [3.63, 3.8) is 0 Å². The van der Waals surface area contributed by atoms with E-state index in [2.05, 4.69) is 5.32 Å². The fourth-order valence-corrected chi connectivity index (χ4v) is 3.85. The highest BCUT2D eigenvalue weighted by molar-refractivity contribution is 6.30. The number of carbonyl (C=O) groups is 3. The molecule has 1 heterocycles. The maximum Gasteiger partial charge on any atom is 0.243 e. The Kier molecular flexibility index (Phi) is 7.46. The lowest BCUT2D eigenvalue weighted by Crippen LogP contribution is -2.47. The van der Waals surface area contributed by atoms with Crippen LogP contribution in [0.25, 0.3) is 0 Å². The van der Waals surface area contributed by atoms with E-state index in [1.807, 2.05) is 30.3 Å². The highest BCUT2D eigenvalue weighted by atomic mass is 35.5. The van der Waals surface area contributed by atoms with E-state index >= 15 is 0 Å². The summed E-state index contributed by atoms with van der Waals surface area (Å²) in [6.07, 6.45) is 1.83. The molecule has 2 aromatic rings. The van der Waals surface area contributed by atoms with Crippen LogP contribution in [0.2, 0.25) is 5.02 Å². The normalized spacial score (nSPS) is 16.1. The summed E-state index contributed by atoms with van der Waals surface area (Å²) in [6.45, 7) is 0.999. The molecule has 1 saturated heterocycles. The van der Waals surface area contributed by atoms with E-state index < -0.39 is 0 Å². The summed E-state index contributed by atoms with van der Waals surface area (Å²) in [5.74, 6) is -0.670. The number of hydrogen-bond acceptors (Lipinski definition) is 3. The average molecular weight is 428 g/mol. The van der Waals surface area contributed by atoms with Gasteiger partial charge in [0.05, 0.1) is 18.9 Å². The van der Waals surface area contributed by atoms with Crippen LogP contribution in [0.1, 0.15) is 18.4 Å². The van der Waals surface area contributed by atoms with E-state index in [1.54, 1.807) is 36.2 Å². The maximum atomic E-state index is 12.9. The molecule has 1 aliphatic rings. The van der Waals surface area contributed by atoms with Gasteiger partial charge in [-0.2, -0.15) is 0 Å². The molecule has 0 aliphatic carbocycles. The van der Waals surface area contributed by atoms with Crippen molar-refractivity contribution in [2.24, 2.45) is 5.92 Å². The van der Waals surface area contributed by atoms with Crippen LogP contribution >= 0.6 is 11.6 Å². The first-order valence-electron chi connectivity index (χ1n) is 10.0. The van der Waals surface area contributed by atoms with Crippen LogP contribution in [-0.4, -0.2) is 54.2 Å². The molecule has 30 heavy (non-hydrogen) atoms. The fourth-order valence-electron chi connectivity index (χ4n) is 3.66. The van der Waals surface area contributed by atoms with Crippen molar-refractivity contribution < 1.29 is 14.4 Å². The number of amides is 3. The van der Waals surface area contributed by atoms with E-state index in [0.717, 1.165) is 12.0 Å². The van der Waals surface area contributed by atoms with Crippen LogP contribution in [0.5, 0.6) is 0 Å². The van der Waals surface area contributed by atoms with Gasteiger partial charge in [-0.3, -0.25) is 14.4 Å². The zero-order valence-electron chi connectivity index (χ0n) is 17.0. The summed E-state index contributed by atoms with van der Waals surface area (Å²) < 4.78 is 0. The molecule has 6 nitrogen and oxygen atoms in total. The molecule has 3 amide bonds. The summed E-state index contributed by atoms with van der Waals surface area (Å²) in [5, 5.41) is 3.27. The number of likely N-dealkylation sites (N-methyl/N-ethyl adjacent to an activating group) is 1. The van der Waals surface area contributed by atoms with Crippen molar-refractivity contribution in [1.29, 1.82) is 0 Å². The third-order valence-electron chi connectivity index (χ3n) is 5.19. The molecule has 0 aromatic heterocycles. The summed E-state index contributed by atoms with van der Waals surface area (Å²) >= 11 is 5.93. The molecule has 7 heteroatoms. The number of benzene rings is 2. The number of halogens is 1. The monoisotopic (exact) mass is 427 g/mol. The Balaban J connectivity index is 1.52. The second kappa shape index (κ2) is 10.3. The molecule has 2 aromatic carbocycles. The summed E-state index contributed by atoms with van der Waals surface area (Å²) in [7, 11) is 1.62. The lowest BCUT2D eigenvalue weighted by Gasteiger charge is -2.34. The molecule has 0 bridgehead atoms. The first-order valence-corrected chi connectivity index (χ1v) is 10.4. The number of piperidine rings is 1. The molecule has 1 fully saturated rings. The predicted molar refractivity (Wildman–Crippen MR) is 117 cm³/mol. The molecule has 0 radical (unpaired) electrons. The van der Waals surface area contributed by atoms with Crippen LogP contribution in [0.15, 0.2) is 54.6 Å². The Morgan fingerprint density at radius 1 is 1.13 bits per heavy atom. The number of hydrogen-bond donors (Lipinski definition) is 1. The van der Waals surface area contributed by atoms with E-state index in [4.69, 9.17) is 11.6 Å². The maximum absolute atomic E-state index is 12.9. The van der Waals surface area contributed by atoms with Gasteiger partial charge in [-0.05, 0) is 36.6 Å². The Hall–Kier alpha value is -2.86. The predicted octanol–water partition coefficient (Wildman–Crippen LogP) is 3.22. The standard InChI is InChI=1S/C23H26ClN3O3/c1-26(16-21(28)25-20-11-5-10-19(24)14-20)23(30)18-9-6-12-27(15-18)22(29)13-17-7-3-2-4-8-17/h2-5,7-8,10-11,14,18H,6,9,12-13,15-16H2,1H3,(H,25,28). The number of anilines is 1. The first-order chi connectivity index (χ1) is 14.4. The Bertz CT molecular complexity index is 904. The minimum absolute atomic E-state index is 0.0278. The van der Waals surface area contributed by atoms with Crippen molar-refractivity contribution in [1.82, 2.24) is 9.80 Å². The lowest BCUT2D eigenvalue weighted by atomic mass is 9.96. The highest BCUT2D eigenvalue weighted by Gasteiger charge is 2.30. The number of carbonyl (C=O) groups excluding carboxylic acids is 3. The van der Waals surface area contributed by atoms with Crippen molar-refractivity contribution in [2.75, 3.05) is 32.0 Å². The van der Waals surface area contributed by atoms with Crippen LogP contribution in [0, 0.1) is 5.92 Å². The average Bonchev–Trinajstić information content (AvgIpc) is 2.74. The summed E-state index contributed by atoms with van der Waals surface area (Å²) in [4.78, 5) is 41.0. The number of nitrogens with zero attached hydrogens (tertiary/aromatic N) is 2. The van der Waals surface area contributed by atoms with Crippen LogP contribution in [-0.2, 0) is 20.8 Å². The topological polar surface area (TPSA) is 69.7 Å². The van der Waals surface area contributed by atoms with Gasteiger partial charge in [-0.1, -0.05) is 48.0 Å². The van der Waals surface area contributed by atoms with Crippen LogP contribution < -0.4 is 5.32 Å². The number of likely N-dealkylation sites (tertiary alicyclic amines) is 1. The molecule has 1 N–H and O–H groups in total. The third kappa shape index (κ3) is 6.07. The van der Waals surface area contributed by atoms with Crippen LogP contribution in [0.3, 0.4) is 0 Å². The highest BCUT2D eigenvalue weighted by Crippen LogP contribution is 2.20. The van der Waals surface area contributed by atoms with Crippen molar-refractivity contribution in [2.45, 2.75) is 19.3 Å². The zero-order valence-corrected chi connectivity index (χ0v) is 17.8. The lowest BCUT2D eigenvalue weighted by molar-refractivity contribution is -0.141. The zero-order chi connectivity index (χ0) is 21.5. The Morgan fingerprint density at radius 3 is 2.63 bits per heavy atom. The van der Waals surface area contributed by atoms with Gasteiger partial charge in [0.2, 0.25) is 17.7 Å². The van der Waals surface area contributed by atoms with E-state index in [9.17, 15) is 14.4 Å². The smallest absolute Gasteiger partial charge is 0.243 e. The molecule has 0 spiro atoms. The van der Waals surface area contributed by atoms with Crippen LogP contribution in [0.4, 0.5) is 5.69 Å². The second-order valence-electron chi connectivity index (χ2n) is 7.59. The van der Waals surface area contributed by atoms with E-state index in [-0.39, 0.29) is 30.2 Å². The number of rotatable bonds is 6. The van der Waals surface area contributed by atoms with Gasteiger partial charge in [0.1, 0.15) is 0 Å². The number of nitrogens with one attached hydrogen (secondary N) is 1.